The maximum Gasteiger partial charge on any atom is 0.337 e. The molecule has 0 saturated heterocycles. The number of hydrogen-bond donors (Lipinski definition) is 3. The number of halogens is 1. The number of hydrogen-bond acceptors (Lipinski definition) is 3. The molecular weight excluding hydrogens is 275 g/mol. The standard InChI is InChI=1S/C15H19FN2O3/c1-9-4-3-7-15(17,8-9)14(21)18-12-10(13(19)20)5-2-6-11(12)16/h2,5-6,9H,3-4,7-8,17H2,1H3,(H,18,21)(H,19,20). The van der Waals surface area contributed by atoms with E-state index in [0.29, 0.717) is 18.8 Å². The fourth-order valence-corrected chi connectivity index (χ4v) is 2.87. The number of carboxylic acids is 1. The molecule has 1 saturated carbocycles. The molecule has 2 unspecified atom stereocenters. The SMILES string of the molecule is CC1CCCC(N)(C(=O)Nc2c(F)cccc2C(=O)O)C1. The average molecular weight is 294 g/mol. The molecule has 0 aliphatic heterocycles. The fraction of sp³-hybridized carbons (Fsp3) is 0.467. The van der Waals surface area contributed by atoms with Gasteiger partial charge in [0, 0.05) is 0 Å². The second kappa shape index (κ2) is 5.81. The van der Waals surface area contributed by atoms with E-state index < -0.39 is 23.2 Å². The summed E-state index contributed by atoms with van der Waals surface area (Å²) in [6.45, 7) is 2.01. The van der Waals surface area contributed by atoms with Gasteiger partial charge in [0.25, 0.3) is 0 Å². The average Bonchev–Trinajstić information content (AvgIpc) is 2.40. The molecule has 6 heteroatoms. The zero-order valence-corrected chi connectivity index (χ0v) is 11.9. The third-order valence-corrected chi connectivity index (χ3v) is 3.97. The van der Waals surface area contributed by atoms with Crippen molar-refractivity contribution < 1.29 is 19.1 Å². The summed E-state index contributed by atoms with van der Waals surface area (Å²) in [6.07, 6.45) is 2.86. The van der Waals surface area contributed by atoms with E-state index in [1.54, 1.807) is 0 Å². The number of anilines is 1. The lowest BCUT2D eigenvalue weighted by atomic mass is 9.76. The number of rotatable bonds is 3. The number of nitrogens with one attached hydrogen (secondary N) is 1. The van der Waals surface area contributed by atoms with Crippen LogP contribution in [0.2, 0.25) is 0 Å². The number of aromatic carboxylic acids is 1. The summed E-state index contributed by atoms with van der Waals surface area (Å²) in [5.74, 6) is -2.29. The van der Waals surface area contributed by atoms with Crippen LogP contribution >= 0.6 is 0 Å². The lowest BCUT2D eigenvalue weighted by molar-refractivity contribution is -0.122. The molecule has 0 spiro atoms. The normalized spacial score (nSPS) is 25.4. The second-order valence-electron chi connectivity index (χ2n) is 5.78. The van der Waals surface area contributed by atoms with E-state index in [-0.39, 0.29) is 11.3 Å². The molecule has 1 aliphatic rings. The molecule has 4 N–H and O–H groups in total. The summed E-state index contributed by atoms with van der Waals surface area (Å²) < 4.78 is 13.8. The van der Waals surface area contributed by atoms with Crippen LogP contribution in [0.5, 0.6) is 0 Å². The number of carboxylic acid groups (broad SMARTS) is 1. The predicted molar refractivity (Wildman–Crippen MR) is 76.5 cm³/mol. The van der Waals surface area contributed by atoms with Crippen LogP contribution in [0.15, 0.2) is 18.2 Å². The Labute approximate surface area is 122 Å². The van der Waals surface area contributed by atoms with E-state index in [9.17, 15) is 14.0 Å². The first kappa shape index (κ1) is 15.4. The van der Waals surface area contributed by atoms with Crippen molar-refractivity contribution in [2.24, 2.45) is 11.7 Å². The highest BCUT2D eigenvalue weighted by atomic mass is 19.1. The fourth-order valence-electron chi connectivity index (χ4n) is 2.87. The van der Waals surface area contributed by atoms with Gasteiger partial charge >= 0.3 is 5.97 Å². The summed E-state index contributed by atoms with van der Waals surface area (Å²) >= 11 is 0. The van der Waals surface area contributed by atoms with Crippen molar-refractivity contribution in [3.8, 4) is 0 Å². The molecule has 21 heavy (non-hydrogen) atoms. The van der Waals surface area contributed by atoms with Crippen LogP contribution in [0.25, 0.3) is 0 Å². The number of carbonyl (C=O) groups is 2. The number of para-hydroxylation sites is 1. The van der Waals surface area contributed by atoms with Gasteiger partial charge in [0.2, 0.25) is 5.91 Å². The molecule has 1 aromatic rings. The Bertz CT molecular complexity index is 576. The van der Waals surface area contributed by atoms with Gasteiger partial charge < -0.3 is 16.2 Å². The molecule has 0 bridgehead atoms. The van der Waals surface area contributed by atoms with E-state index in [0.717, 1.165) is 18.9 Å². The minimum Gasteiger partial charge on any atom is -0.478 e. The van der Waals surface area contributed by atoms with Gasteiger partial charge in [-0.3, -0.25) is 4.79 Å². The molecule has 114 valence electrons. The van der Waals surface area contributed by atoms with Crippen molar-refractivity contribution in [1.82, 2.24) is 0 Å². The molecule has 5 nitrogen and oxygen atoms in total. The molecule has 0 heterocycles. The van der Waals surface area contributed by atoms with Crippen LogP contribution in [0, 0.1) is 11.7 Å². The van der Waals surface area contributed by atoms with Gasteiger partial charge in [-0.2, -0.15) is 0 Å². The molecule has 1 amide bonds. The Morgan fingerprint density at radius 2 is 2.19 bits per heavy atom. The topological polar surface area (TPSA) is 92.4 Å². The minimum atomic E-state index is -1.30. The van der Waals surface area contributed by atoms with Gasteiger partial charge in [0.05, 0.1) is 16.8 Å². The number of nitrogens with two attached hydrogens (primary N) is 1. The van der Waals surface area contributed by atoms with Crippen molar-refractivity contribution >= 4 is 17.6 Å². The maximum atomic E-state index is 13.8. The Morgan fingerprint density at radius 3 is 2.81 bits per heavy atom. The van der Waals surface area contributed by atoms with E-state index in [4.69, 9.17) is 10.8 Å². The molecular formula is C15H19FN2O3. The lowest BCUT2D eigenvalue weighted by Crippen LogP contribution is -2.54. The smallest absolute Gasteiger partial charge is 0.337 e. The Balaban J connectivity index is 2.26. The summed E-state index contributed by atoms with van der Waals surface area (Å²) in [5, 5.41) is 11.4. The van der Waals surface area contributed by atoms with Crippen molar-refractivity contribution in [2.75, 3.05) is 5.32 Å². The molecule has 0 aromatic heterocycles. The van der Waals surface area contributed by atoms with E-state index in [2.05, 4.69) is 5.32 Å². The van der Waals surface area contributed by atoms with Crippen LogP contribution in [-0.2, 0) is 4.79 Å². The number of benzene rings is 1. The highest BCUT2D eigenvalue weighted by Gasteiger charge is 2.38. The van der Waals surface area contributed by atoms with Gasteiger partial charge in [-0.1, -0.05) is 25.8 Å². The Morgan fingerprint density at radius 1 is 1.48 bits per heavy atom. The Kier molecular flexibility index (Phi) is 4.27. The van der Waals surface area contributed by atoms with Crippen molar-refractivity contribution in [1.29, 1.82) is 0 Å². The second-order valence-corrected chi connectivity index (χ2v) is 5.78. The van der Waals surface area contributed by atoms with Gasteiger partial charge in [-0.05, 0) is 30.9 Å². The minimum absolute atomic E-state index is 0.282. The van der Waals surface area contributed by atoms with Crippen LogP contribution in [0.3, 0.4) is 0 Å². The van der Waals surface area contributed by atoms with Gasteiger partial charge in [0.15, 0.2) is 0 Å². The zero-order chi connectivity index (χ0) is 15.6. The summed E-state index contributed by atoms with van der Waals surface area (Å²) in [6, 6.07) is 3.64. The first-order valence-corrected chi connectivity index (χ1v) is 6.95. The molecule has 1 aromatic carbocycles. The number of amides is 1. The lowest BCUT2D eigenvalue weighted by Gasteiger charge is -2.35. The largest absolute Gasteiger partial charge is 0.478 e. The zero-order valence-electron chi connectivity index (χ0n) is 11.9. The van der Waals surface area contributed by atoms with Gasteiger partial charge in [-0.15, -0.1) is 0 Å². The van der Waals surface area contributed by atoms with E-state index >= 15 is 0 Å². The van der Waals surface area contributed by atoms with E-state index in [1.807, 2.05) is 6.92 Å². The van der Waals surface area contributed by atoms with Gasteiger partial charge in [0.1, 0.15) is 5.82 Å². The summed E-state index contributed by atoms with van der Waals surface area (Å²) in [7, 11) is 0. The third-order valence-electron chi connectivity index (χ3n) is 3.97. The molecule has 2 atom stereocenters. The van der Waals surface area contributed by atoms with Crippen LogP contribution in [-0.4, -0.2) is 22.5 Å². The van der Waals surface area contributed by atoms with E-state index in [1.165, 1.54) is 12.1 Å². The summed E-state index contributed by atoms with van der Waals surface area (Å²) in [5.41, 5.74) is 4.46. The van der Waals surface area contributed by atoms with Crippen molar-refractivity contribution in [3.63, 3.8) is 0 Å². The highest BCUT2D eigenvalue weighted by Crippen LogP contribution is 2.32. The first-order chi connectivity index (χ1) is 9.83. The molecule has 1 fully saturated rings. The van der Waals surface area contributed by atoms with Crippen LogP contribution in [0.1, 0.15) is 43.0 Å². The first-order valence-electron chi connectivity index (χ1n) is 6.95. The van der Waals surface area contributed by atoms with Gasteiger partial charge in [-0.25, -0.2) is 9.18 Å². The maximum absolute atomic E-state index is 13.8. The van der Waals surface area contributed by atoms with Crippen LogP contribution < -0.4 is 11.1 Å². The molecule has 1 aliphatic carbocycles. The third kappa shape index (κ3) is 3.21. The van der Waals surface area contributed by atoms with Crippen molar-refractivity contribution in [2.45, 2.75) is 38.1 Å². The van der Waals surface area contributed by atoms with Crippen LogP contribution in [0.4, 0.5) is 10.1 Å². The predicted octanol–water partition coefficient (Wildman–Crippen LogP) is 2.37. The summed E-state index contributed by atoms with van der Waals surface area (Å²) in [4.78, 5) is 23.5. The number of carbonyl (C=O) groups excluding carboxylic acids is 1. The highest BCUT2D eigenvalue weighted by molar-refractivity contribution is 6.03. The monoisotopic (exact) mass is 294 g/mol. The molecule has 0 radical (unpaired) electrons. The van der Waals surface area contributed by atoms with Crippen molar-refractivity contribution in [3.05, 3.63) is 29.6 Å². The molecule has 2 rings (SSSR count). The quantitative estimate of drug-likeness (QED) is 0.798. The Hall–Kier alpha value is -1.95.